The Balaban J connectivity index is 2.12. The number of ether oxygens (including phenoxy) is 1. The summed E-state index contributed by atoms with van der Waals surface area (Å²) >= 11 is 0. The zero-order valence-corrected chi connectivity index (χ0v) is 10.1. The van der Waals surface area contributed by atoms with Crippen molar-refractivity contribution >= 4 is 5.84 Å². The Kier molecular flexibility index (Phi) is 3.57. The van der Waals surface area contributed by atoms with Gasteiger partial charge >= 0.3 is 0 Å². The number of nitrogens with two attached hydrogens (primary N) is 1. The number of hydrogen-bond donors (Lipinski definition) is 2. The minimum Gasteiger partial charge on any atom is -0.454 e. The number of amidine groups is 1. The van der Waals surface area contributed by atoms with Crippen LogP contribution in [0.2, 0.25) is 0 Å². The summed E-state index contributed by atoms with van der Waals surface area (Å²) in [6, 6.07) is 3.34. The van der Waals surface area contributed by atoms with E-state index in [0.717, 1.165) is 13.0 Å². The molecule has 18 heavy (non-hydrogen) atoms. The third-order valence-electron chi connectivity index (χ3n) is 2.31. The van der Waals surface area contributed by atoms with Crippen LogP contribution in [0.4, 0.5) is 0 Å². The summed E-state index contributed by atoms with van der Waals surface area (Å²) in [5.74, 6) is 1.16. The number of aromatic nitrogens is 3. The zero-order valence-electron chi connectivity index (χ0n) is 10.1. The van der Waals surface area contributed by atoms with E-state index in [9.17, 15) is 0 Å². The van der Waals surface area contributed by atoms with Gasteiger partial charge in [0.2, 0.25) is 0 Å². The second-order valence-corrected chi connectivity index (χ2v) is 3.83. The van der Waals surface area contributed by atoms with E-state index in [1.807, 2.05) is 10.9 Å². The summed E-state index contributed by atoms with van der Waals surface area (Å²) < 4.78 is 7.44. The van der Waals surface area contributed by atoms with Gasteiger partial charge in [0.15, 0.2) is 5.75 Å². The van der Waals surface area contributed by atoms with Gasteiger partial charge in [0, 0.05) is 18.8 Å². The van der Waals surface area contributed by atoms with Gasteiger partial charge in [-0.15, -0.1) is 0 Å². The fraction of sp³-hybridized carbons (Fsp3) is 0.250. The van der Waals surface area contributed by atoms with E-state index in [0.29, 0.717) is 17.2 Å². The summed E-state index contributed by atoms with van der Waals surface area (Å²) in [7, 11) is 0. The van der Waals surface area contributed by atoms with Crippen LogP contribution in [0.15, 0.2) is 30.7 Å². The van der Waals surface area contributed by atoms with Gasteiger partial charge in [-0.25, -0.2) is 0 Å². The third-order valence-corrected chi connectivity index (χ3v) is 2.31. The SMILES string of the molecule is CCCn1cc(Oc2ccnc(C(=N)N)c2)cn1. The van der Waals surface area contributed by atoms with E-state index in [1.54, 1.807) is 24.5 Å². The highest BCUT2D eigenvalue weighted by atomic mass is 16.5. The van der Waals surface area contributed by atoms with Crippen LogP contribution in [0.3, 0.4) is 0 Å². The molecular formula is C12H15N5O. The summed E-state index contributed by atoms with van der Waals surface area (Å²) in [5, 5.41) is 11.5. The summed E-state index contributed by atoms with van der Waals surface area (Å²) in [4.78, 5) is 3.96. The van der Waals surface area contributed by atoms with Gasteiger partial charge in [0.25, 0.3) is 0 Å². The average molecular weight is 245 g/mol. The number of pyridine rings is 1. The molecule has 0 radical (unpaired) electrons. The molecule has 6 heteroatoms. The second kappa shape index (κ2) is 5.31. The van der Waals surface area contributed by atoms with Gasteiger partial charge in [-0.3, -0.25) is 15.1 Å². The van der Waals surface area contributed by atoms with Crippen molar-refractivity contribution in [2.75, 3.05) is 0 Å². The van der Waals surface area contributed by atoms with Crippen molar-refractivity contribution < 1.29 is 4.74 Å². The van der Waals surface area contributed by atoms with Gasteiger partial charge in [-0.2, -0.15) is 5.10 Å². The van der Waals surface area contributed by atoms with Crippen LogP contribution in [-0.2, 0) is 6.54 Å². The van der Waals surface area contributed by atoms with Crippen molar-refractivity contribution in [1.82, 2.24) is 14.8 Å². The van der Waals surface area contributed by atoms with Crippen LogP contribution in [0.5, 0.6) is 11.5 Å². The second-order valence-electron chi connectivity index (χ2n) is 3.83. The standard InChI is InChI=1S/C12H15N5O/c1-2-5-17-8-10(7-16-17)18-9-3-4-15-11(6-9)12(13)14/h3-4,6-8H,2,5H2,1H3,(H3,13,14). The van der Waals surface area contributed by atoms with Crippen LogP contribution in [0.1, 0.15) is 19.0 Å². The van der Waals surface area contributed by atoms with E-state index in [2.05, 4.69) is 17.0 Å². The molecule has 2 rings (SSSR count). The Labute approximate surface area is 105 Å². The molecule has 0 saturated heterocycles. The van der Waals surface area contributed by atoms with Crippen molar-refractivity contribution in [2.24, 2.45) is 5.73 Å². The molecule has 0 spiro atoms. The molecule has 6 nitrogen and oxygen atoms in total. The molecule has 0 atom stereocenters. The Morgan fingerprint density at radius 2 is 2.33 bits per heavy atom. The molecule has 94 valence electrons. The van der Waals surface area contributed by atoms with Crippen molar-refractivity contribution in [3.8, 4) is 11.5 Å². The molecular weight excluding hydrogens is 230 g/mol. The van der Waals surface area contributed by atoms with E-state index in [4.69, 9.17) is 15.9 Å². The molecule has 3 N–H and O–H groups in total. The molecule has 0 aliphatic carbocycles. The maximum absolute atomic E-state index is 7.31. The van der Waals surface area contributed by atoms with Crippen LogP contribution in [-0.4, -0.2) is 20.6 Å². The Bertz CT molecular complexity index is 549. The number of nitrogens with zero attached hydrogens (tertiary/aromatic N) is 3. The van der Waals surface area contributed by atoms with Crippen LogP contribution < -0.4 is 10.5 Å². The quantitative estimate of drug-likeness (QED) is 0.620. The maximum atomic E-state index is 7.31. The minimum absolute atomic E-state index is 0.0814. The van der Waals surface area contributed by atoms with Gasteiger partial charge in [0.1, 0.15) is 17.3 Å². The number of aryl methyl sites for hydroxylation is 1. The smallest absolute Gasteiger partial charge is 0.165 e. The Hall–Kier alpha value is -2.37. The molecule has 0 aliphatic rings. The molecule has 0 saturated carbocycles. The number of hydrogen-bond acceptors (Lipinski definition) is 4. The number of rotatable bonds is 5. The van der Waals surface area contributed by atoms with Crippen molar-refractivity contribution in [1.29, 1.82) is 5.41 Å². The first kappa shape index (κ1) is 12.1. The average Bonchev–Trinajstić information content (AvgIpc) is 2.77. The normalized spacial score (nSPS) is 10.3. The highest BCUT2D eigenvalue weighted by Crippen LogP contribution is 2.20. The molecule has 0 amide bonds. The summed E-state index contributed by atoms with van der Waals surface area (Å²) in [6.45, 7) is 2.95. The van der Waals surface area contributed by atoms with Gasteiger partial charge < -0.3 is 10.5 Å². The molecule has 0 bridgehead atoms. The Morgan fingerprint density at radius 3 is 3.06 bits per heavy atom. The van der Waals surface area contributed by atoms with E-state index >= 15 is 0 Å². The van der Waals surface area contributed by atoms with Crippen molar-refractivity contribution in [2.45, 2.75) is 19.9 Å². The van der Waals surface area contributed by atoms with Crippen LogP contribution in [0.25, 0.3) is 0 Å². The summed E-state index contributed by atoms with van der Waals surface area (Å²) in [5.41, 5.74) is 5.77. The third kappa shape index (κ3) is 2.85. The van der Waals surface area contributed by atoms with Crippen molar-refractivity contribution in [3.05, 3.63) is 36.4 Å². The van der Waals surface area contributed by atoms with Crippen LogP contribution in [0, 0.1) is 5.41 Å². The molecule has 2 aromatic heterocycles. The van der Waals surface area contributed by atoms with E-state index in [-0.39, 0.29) is 5.84 Å². The van der Waals surface area contributed by atoms with E-state index in [1.165, 1.54) is 0 Å². The first-order valence-electron chi connectivity index (χ1n) is 5.70. The minimum atomic E-state index is -0.0814. The fourth-order valence-electron chi connectivity index (χ4n) is 1.51. The van der Waals surface area contributed by atoms with Gasteiger partial charge in [-0.1, -0.05) is 6.92 Å². The summed E-state index contributed by atoms with van der Waals surface area (Å²) in [6.07, 6.45) is 6.06. The number of nitrogens with one attached hydrogen (secondary N) is 1. The highest BCUT2D eigenvalue weighted by molar-refractivity contribution is 5.93. The number of nitrogen functional groups attached to an aromatic ring is 1. The van der Waals surface area contributed by atoms with Crippen LogP contribution >= 0.6 is 0 Å². The molecule has 2 heterocycles. The van der Waals surface area contributed by atoms with Gasteiger partial charge in [0.05, 0.1) is 12.4 Å². The molecule has 2 aromatic rings. The zero-order chi connectivity index (χ0) is 13.0. The highest BCUT2D eigenvalue weighted by Gasteiger charge is 2.04. The lowest BCUT2D eigenvalue weighted by molar-refractivity contribution is 0.479. The fourth-order valence-corrected chi connectivity index (χ4v) is 1.51. The lowest BCUT2D eigenvalue weighted by Crippen LogP contribution is -2.12. The molecule has 0 aliphatic heterocycles. The molecule has 0 fully saturated rings. The molecule has 0 unspecified atom stereocenters. The van der Waals surface area contributed by atoms with Crippen molar-refractivity contribution in [3.63, 3.8) is 0 Å². The lowest BCUT2D eigenvalue weighted by atomic mass is 10.3. The topological polar surface area (TPSA) is 89.8 Å². The maximum Gasteiger partial charge on any atom is 0.165 e. The first-order valence-corrected chi connectivity index (χ1v) is 5.70. The Morgan fingerprint density at radius 1 is 1.50 bits per heavy atom. The van der Waals surface area contributed by atoms with E-state index < -0.39 is 0 Å². The van der Waals surface area contributed by atoms with Gasteiger partial charge in [-0.05, 0) is 12.5 Å². The predicted molar refractivity (Wildman–Crippen MR) is 67.8 cm³/mol. The largest absolute Gasteiger partial charge is 0.454 e. The lowest BCUT2D eigenvalue weighted by Gasteiger charge is -2.03. The molecule has 0 aromatic carbocycles. The predicted octanol–water partition coefficient (Wildman–Crippen LogP) is 1.76. The first-order chi connectivity index (χ1) is 8.69. The monoisotopic (exact) mass is 245 g/mol.